The molecule has 12 heavy (non-hydrogen) atoms. The topological polar surface area (TPSA) is 66.8 Å². The second kappa shape index (κ2) is 3.25. The minimum atomic E-state index is -0.985. The Morgan fingerprint density at radius 1 is 1.67 bits per heavy atom. The van der Waals surface area contributed by atoms with Crippen LogP contribution >= 0.6 is 0 Å². The molecule has 0 atom stereocenters. The Hall–Kier alpha value is -1.52. The maximum Gasteiger partial charge on any atom is 0.410 e. The fourth-order valence-electron chi connectivity index (χ4n) is 0.978. The lowest BCUT2D eigenvalue weighted by atomic mass is 10.3. The van der Waals surface area contributed by atoms with Gasteiger partial charge in [0.05, 0.1) is 19.2 Å². The van der Waals surface area contributed by atoms with Crippen molar-refractivity contribution in [3.8, 4) is 0 Å². The maximum atomic E-state index is 10.9. The second-order valence-corrected chi connectivity index (χ2v) is 2.39. The largest absolute Gasteiger partial charge is 0.478 e. The highest BCUT2D eigenvalue weighted by Gasteiger charge is 2.23. The number of carbonyl (C=O) groups excluding carboxylic acids is 1. The van der Waals surface area contributed by atoms with E-state index in [1.807, 2.05) is 0 Å². The van der Waals surface area contributed by atoms with E-state index < -0.39 is 12.1 Å². The molecule has 0 aromatic carbocycles. The molecule has 0 bridgehead atoms. The lowest BCUT2D eigenvalue weighted by molar-refractivity contribution is -0.132. The first-order valence-electron chi connectivity index (χ1n) is 3.40. The molecular weight excluding hydrogens is 162 g/mol. The summed E-state index contributed by atoms with van der Waals surface area (Å²) in [5.41, 5.74) is 0.236. The lowest BCUT2D eigenvalue weighted by Crippen LogP contribution is -2.29. The van der Waals surface area contributed by atoms with Crippen molar-refractivity contribution in [3.05, 3.63) is 11.6 Å². The molecule has 1 N–H and O–H groups in total. The summed E-state index contributed by atoms with van der Waals surface area (Å²) in [6.07, 6.45) is 1.00. The normalized spacial score (nSPS) is 15.8. The van der Waals surface area contributed by atoms with Crippen molar-refractivity contribution in [2.75, 3.05) is 20.2 Å². The molecule has 0 saturated heterocycles. The zero-order chi connectivity index (χ0) is 9.14. The number of nitrogens with zero attached hydrogens (tertiary/aromatic N) is 1. The Kier molecular flexibility index (Phi) is 2.32. The average molecular weight is 171 g/mol. The van der Waals surface area contributed by atoms with Crippen LogP contribution in [-0.4, -0.2) is 42.3 Å². The standard InChI is InChI=1S/C7H9NO4/c1-12-7(11)8-3-2-5(4-8)6(9)10/h2H,3-4H2,1H3,(H,9,10). The molecule has 0 aromatic rings. The van der Waals surface area contributed by atoms with E-state index in [0.717, 1.165) is 0 Å². The van der Waals surface area contributed by atoms with Crippen molar-refractivity contribution >= 4 is 12.1 Å². The SMILES string of the molecule is COC(=O)N1CC=C(C(=O)O)C1. The summed E-state index contributed by atoms with van der Waals surface area (Å²) in [4.78, 5) is 22.6. The van der Waals surface area contributed by atoms with Crippen LogP contribution in [-0.2, 0) is 9.53 Å². The smallest absolute Gasteiger partial charge is 0.410 e. The third-order valence-corrected chi connectivity index (χ3v) is 1.63. The van der Waals surface area contributed by atoms with E-state index >= 15 is 0 Å². The van der Waals surface area contributed by atoms with Crippen molar-refractivity contribution in [2.45, 2.75) is 0 Å². The molecule has 5 heteroatoms. The predicted octanol–water partition coefficient (Wildman–Crippen LogP) is 0.0794. The number of ether oxygens (including phenoxy) is 1. The Bertz CT molecular complexity index is 246. The quantitative estimate of drug-likeness (QED) is 0.606. The first-order valence-corrected chi connectivity index (χ1v) is 3.40. The van der Waals surface area contributed by atoms with E-state index in [4.69, 9.17) is 5.11 Å². The Morgan fingerprint density at radius 3 is 2.75 bits per heavy atom. The van der Waals surface area contributed by atoms with E-state index in [1.165, 1.54) is 18.1 Å². The van der Waals surface area contributed by atoms with Crippen LogP contribution in [0.25, 0.3) is 0 Å². The van der Waals surface area contributed by atoms with Crippen LogP contribution in [0.3, 0.4) is 0 Å². The fraction of sp³-hybridized carbons (Fsp3) is 0.429. The van der Waals surface area contributed by atoms with Gasteiger partial charge in [-0.05, 0) is 0 Å². The van der Waals surface area contributed by atoms with E-state index in [0.29, 0.717) is 6.54 Å². The molecular formula is C7H9NO4. The number of aliphatic carboxylic acids is 1. The molecule has 0 unspecified atom stereocenters. The molecule has 5 nitrogen and oxygen atoms in total. The Balaban J connectivity index is 2.52. The van der Waals surface area contributed by atoms with Crippen molar-refractivity contribution in [1.29, 1.82) is 0 Å². The van der Waals surface area contributed by atoms with Crippen LogP contribution in [0.2, 0.25) is 0 Å². The van der Waals surface area contributed by atoms with Gasteiger partial charge in [0, 0.05) is 6.54 Å². The summed E-state index contributed by atoms with van der Waals surface area (Å²) in [6, 6.07) is 0. The lowest BCUT2D eigenvalue weighted by Gasteiger charge is -2.12. The molecule has 0 fully saturated rings. The third kappa shape index (κ3) is 1.55. The zero-order valence-electron chi connectivity index (χ0n) is 6.61. The molecule has 1 heterocycles. The number of carboxylic acids is 1. The summed E-state index contributed by atoms with van der Waals surface area (Å²) in [5.74, 6) is -0.985. The van der Waals surface area contributed by atoms with Gasteiger partial charge < -0.3 is 9.84 Å². The zero-order valence-corrected chi connectivity index (χ0v) is 6.61. The van der Waals surface area contributed by atoms with Crippen molar-refractivity contribution < 1.29 is 19.4 Å². The number of rotatable bonds is 1. The van der Waals surface area contributed by atoms with Gasteiger partial charge in [-0.1, -0.05) is 6.08 Å². The van der Waals surface area contributed by atoms with Crippen LogP contribution in [0.1, 0.15) is 0 Å². The summed E-state index contributed by atoms with van der Waals surface area (Å²) in [6.45, 7) is 0.441. The molecule has 0 saturated carbocycles. The van der Waals surface area contributed by atoms with E-state index in [-0.39, 0.29) is 12.1 Å². The van der Waals surface area contributed by atoms with Gasteiger partial charge in [0.15, 0.2) is 0 Å². The molecule has 66 valence electrons. The van der Waals surface area contributed by atoms with Crippen LogP contribution in [0.15, 0.2) is 11.6 Å². The van der Waals surface area contributed by atoms with Crippen molar-refractivity contribution in [1.82, 2.24) is 4.90 Å². The van der Waals surface area contributed by atoms with Crippen LogP contribution in [0, 0.1) is 0 Å². The van der Waals surface area contributed by atoms with E-state index in [1.54, 1.807) is 0 Å². The summed E-state index contributed by atoms with van der Waals surface area (Å²) < 4.78 is 4.42. The van der Waals surface area contributed by atoms with Gasteiger partial charge in [-0.15, -0.1) is 0 Å². The fourth-order valence-corrected chi connectivity index (χ4v) is 0.978. The second-order valence-electron chi connectivity index (χ2n) is 2.39. The minimum absolute atomic E-state index is 0.127. The maximum absolute atomic E-state index is 10.9. The molecule has 0 spiro atoms. The van der Waals surface area contributed by atoms with Crippen LogP contribution in [0.4, 0.5) is 4.79 Å². The number of hydrogen-bond donors (Lipinski definition) is 1. The molecule has 1 amide bonds. The Labute approximate surface area is 69.2 Å². The highest BCUT2D eigenvalue weighted by molar-refractivity contribution is 5.89. The van der Waals surface area contributed by atoms with Crippen LogP contribution < -0.4 is 0 Å². The molecule has 0 aromatic heterocycles. The van der Waals surface area contributed by atoms with Gasteiger partial charge in [-0.25, -0.2) is 9.59 Å². The van der Waals surface area contributed by atoms with Crippen molar-refractivity contribution in [2.24, 2.45) is 0 Å². The molecule has 0 aliphatic carbocycles. The number of hydrogen-bond acceptors (Lipinski definition) is 3. The Morgan fingerprint density at radius 2 is 2.33 bits per heavy atom. The monoisotopic (exact) mass is 171 g/mol. The highest BCUT2D eigenvalue weighted by Crippen LogP contribution is 2.09. The first-order chi connectivity index (χ1) is 5.65. The molecule has 1 aliphatic heterocycles. The number of amides is 1. The van der Waals surface area contributed by atoms with E-state index in [9.17, 15) is 9.59 Å². The van der Waals surface area contributed by atoms with Gasteiger partial charge >= 0.3 is 12.1 Å². The van der Waals surface area contributed by atoms with Crippen molar-refractivity contribution in [3.63, 3.8) is 0 Å². The minimum Gasteiger partial charge on any atom is -0.478 e. The van der Waals surface area contributed by atoms with E-state index in [2.05, 4.69) is 4.74 Å². The number of carboxylic acid groups (broad SMARTS) is 1. The highest BCUT2D eigenvalue weighted by atomic mass is 16.5. The molecule has 0 radical (unpaired) electrons. The number of methoxy groups -OCH3 is 1. The third-order valence-electron chi connectivity index (χ3n) is 1.63. The summed E-state index contributed by atoms with van der Waals surface area (Å²) >= 11 is 0. The molecule has 1 rings (SSSR count). The average Bonchev–Trinajstić information content (AvgIpc) is 2.51. The first kappa shape index (κ1) is 8.58. The summed E-state index contributed by atoms with van der Waals surface area (Å²) in [5, 5.41) is 8.54. The van der Waals surface area contributed by atoms with Gasteiger partial charge in [0.1, 0.15) is 0 Å². The predicted molar refractivity (Wildman–Crippen MR) is 39.7 cm³/mol. The number of carbonyl (C=O) groups is 2. The van der Waals surface area contributed by atoms with Gasteiger partial charge in [-0.3, -0.25) is 4.90 Å². The van der Waals surface area contributed by atoms with Gasteiger partial charge in [0.2, 0.25) is 0 Å². The summed E-state index contributed by atoms with van der Waals surface area (Å²) in [7, 11) is 1.26. The van der Waals surface area contributed by atoms with Gasteiger partial charge in [-0.2, -0.15) is 0 Å². The van der Waals surface area contributed by atoms with Crippen LogP contribution in [0.5, 0.6) is 0 Å². The molecule has 1 aliphatic rings. The van der Waals surface area contributed by atoms with Gasteiger partial charge in [0.25, 0.3) is 0 Å².